The van der Waals surface area contributed by atoms with Gasteiger partial charge in [-0.05, 0) is 26.3 Å². The van der Waals surface area contributed by atoms with E-state index >= 15 is 0 Å². The van der Waals surface area contributed by atoms with Gasteiger partial charge in [-0.2, -0.15) is 4.98 Å². The first-order chi connectivity index (χ1) is 13.6. The highest BCUT2D eigenvalue weighted by atomic mass is 32.2. The summed E-state index contributed by atoms with van der Waals surface area (Å²) in [6, 6.07) is 4.10. The van der Waals surface area contributed by atoms with Crippen molar-refractivity contribution >= 4 is 29.3 Å². The molecule has 0 amide bonds. The van der Waals surface area contributed by atoms with E-state index in [1.165, 1.54) is 0 Å². The van der Waals surface area contributed by atoms with Crippen molar-refractivity contribution in [2.75, 3.05) is 80.4 Å². The molecule has 0 unspecified atom stereocenters. The van der Waals surface area contributed by atoms with Crippen molar-refractivity contribution < 1.29 is 0 Å². The zero-order chi connectivity index (χ0) is 19.5. The Kier molecular flexibility index (Phi) is 5.82. The van der Waals surface area contributed by atoms with Crippen molar-refractivity contribution in [2.24, 2.45) is 0 Å². The van der Waals surface area contributed by atoms with E-state index in [4.69, 9.17) is 9.97 Å². The number of nitrogens with zero attached hydrogens (tertiary/aromatic N) is 8. The van der Waals surface area contributed by atoms with Crippen LogP contribution in [0.15, 0.2) is 23.5 Å². The summed E-state index contributed by atoms with van der Waals surface area (Å²) in [5, 5.41) is 0.822. The summed E-state index contributed by atoms with van der Waals surface area (Å²) in [5.74, 6) is 2.91. The third-order valence-corrected chi connectivity index (χ3v) is 5.91. The molecule has 2 aliphatic rings. The smallest absolute Gasteiger partial charge is 0.227 e. The van der Waals surface area contributed by atoms with Crippen LogP contribution < -0.4 is 14.7 Å². The molecule has 0 atom stereocenters. The highest BCUT2D eigenvalue weighted by Gasteiger charge is 2.22. The van der Waals surface area contributed by atoms with Crippen LogP contribution in [0.5, 0.6) is 0 Å². The normalized spacial score (nSPS) is 18.6. The third-order valence-electron chi connectivity index (χ3n) is 5.34. The molecule has 2 aromatic rings. The molecule has 28 heavy (non-hydrogen) atoms. The summed E-state index contributed by atoms with van der Waals surface area (Å²) in [6.45, 7) is 9.86. The van der Waals surface area contributed by atoms with Gasteiger partial charge < -0.3 is 19.6 Å². The quantitative estimate of drug-likeness (QED) is 0.559. The number of aromatic nitrogens is 4. The third kappa shape index (κ3) is 4.30. The molecule has 0 aromatic carbocycles. The number of hydrogen-bond acceptors (Lipinski definition) is 9. The predicted molar refractivity (Wildman–Crippen MR) is 115 cm³/mol. The Balaban J connectivity index is 1.44. The summed E-state index contributed by atoms with van der Waals surface area (Å²) in [4.78, 5) is 27.9. The molecule has 9 heteroatoms. The fourth-order valence-electron chi connectivity index (χ4n) is 3.62. The van der Waals surface area contributed by atoms with Gasteiger partial charge in [-0.1, -0.05) is 11.8 Å². The van der Waals surface area contributed by atoms with Crippen molar-refractivity contribution in [3.05, 3.63) is 24.0 Å². The second-order valence-electron chi connectivity index (χ2n) is 7.33. The highest BCUT2D eigenvalue weighted by molar-refractivity contribution is 7.98. The molecule has 0 aliphatic carbocycles. The van der Waals surface area contributed by atoms with E-state index in [2.05, 4.69) is 49.6 Å². The molecule has 0 saturated carbocycles. The number of thioether (sulfide) groups is 1. The number of aryl methyl sites for hydroxylation is 1. The van der Waals surface area contributed by atoms with Crippen LogP contribution >= 0.6 is 11.8 Å². The molecular weight excluding hydrogens is 372 g/mol. The molecule has 150 valence electrons. The Morgan fingerprint density at radius 2 is 1.46 bits per heavy atom. The summed E-state index contributed by atoms with van der Waals surface area (Å²) in [6.07, 6.45) is 3.85. The minimum atomic E-state index is 0.822. The fourth-order valence-corrected chi connectivity index (χ4v) is 3.97. The first kappa shape index (κ1) is 19.2. The number of anilines is 3. The lowest BCUT2D eigenvalue weighted by molar-refractivity contribution is 0.311. The van der Waals surface area contributed by atoms with Crippen LogP contribution in [0.4, 0.5) is 17.6 Å². The van der Waals surface area contributed by atoms with E-state index in [0.717, 1.165) is 80.8 Å². The number of hydrogen-bond donors (Lipinski definition) is 0. The molecule has 2 fully saturated rings. The average Bonchev–Trinajstić information content (AvgIpc) is 2.74. The van der Waals surface area contributed by atoms with E-state index < -0.39 is 0 Å². The Morgan fingerprint density at radius 3 is 2.14 bits per heavy atom. The molecular formula is C19H28N8S. The fraction of sp³-hybridized carbons (Fsp3) is 0.579. The second-order valence-corrected chi connectivity index (χ2v) is 8.11. The van der Waals surface area contributed by atoms with Gasteiger partial charge in [0.05, 0.1) is 0 Å². The van der Waals surface area contributed by atoms with E-state index in [1.807, 2.05) is 18.5 Å². The molecule has 4 rings (SSSR count). The van der Waals surface area contributed by atoms with Gasteiger partial charge in [-0.15, -0.1) is 0 Å². The molecule has 0 spiro atoms. The van der Waals surface area contributed by atoms with Crippen molar-refractivity contribution in [2.45, 2.75) is 12.1 Å². The van der Waals surface area contributed by atoms with Crippen LogP contribution in [-0.2, 0) is 0 Å². The summed E-state index contributed by atoms with van der Waals surface area (Å²) < 4.78 is 0. The molecule has 0 N–H and O–H groups in total. The molecule has 4 heterocycles. The van der Waals surface area contributed by atoms with E-state index in [9.17, 15) is 0 Å². The van der Waals surface area contributed by atoms with Crippen LogP contribution in [-0.4, -0.2) is 90.5 Å². The molecule has 2 saturated heterocycles. The molecule has 2 aliphatic heterocycles. The Hall–Kier alpha value is -2.13. The summed E-state index contributed by atoms with van der Waals surface area (Å²) >= 11 is 1.58. The first-order valence-corrected chi connectivity index (χ1v) is 11.0. The van der Waals surface area contributed by atoms with Crippen LogP contribution in [0.25, 0.3) is 0 Å². The van der Waals surface area contributed by atoms with Crippen molar-refractivity contribution in [3.63, 3.8) is 0 Å². The summed E-state index contributed by atoms with van der Waals surface area (Å²) in [5.41, 5.74) is 1.03. The predicted octanol–water partition coefficient (Wildman–Crippen LogP) is 1.38. The second kappa shape index (κ2) is 8.48. The maximum Gasteiger partial charge on any atom is 0.227 e. The van der Waals surface area contributed by atoms with Gasteiger partial charge in [0.25, 0.3) is 0 Å². The Bertz CT molecular complexity index is 800. The van der Waals surface area contributed by atoms with Crippen LogP contribution in [0, 0.1) is 6.92 Å². The van der Waals surface area contributed by atoms with Crippen molar-refractivity contribution in [3.8, 4) is 0 Å². The van der Waals surface area contributed by atoms with E-state index in [-0.39, 0.29) is 0 Å². The zero-order valence-corrected chi connectivity index (χ0v) is 17.7. The lowest BCUT2D eigenvalue weighted by Gasteiger charge is -2.37. The minimum Gasteiger partial charge on any atom is -0.353 e. The molecule has 2 aromatic heterocycles. The van der Waals surface area contributed by atoms with E-state index in [1.54, 1.807) is 11.8 Å². The van der Waals surface area contributed by atoms with Gasteiger partial charge in [0.1, 0.15) is 11.6 Å². The zero-order valence-electron chi connectivity index (χ0n) is 16.9. The lowest BCUT2D eigenvalue weighted by Crippen LogP contribution is -2.48. The topological polar surface area (TPSA) is 64.5 Å². The van der Waals surface area contributed by atoms with Gasteiger partial charge >= 0.3 is 0 Å². The van der Waals surface area contributed by atoms with Gasteiger partial charge in [-0.3, -0.25) is 0 Å². The average molecular weight is 401 g/mol. The number of likely N-dealkylation sites (N-methyl/N-ethyl adjacent to an activating group) is 1. The largest absolute Gasteiger partial charge is 0.353 e. The van der Waals surface area contributed by atoms with Gasteiger partial charge in [-0.25, -0.2) is 15.0 Å². The Labute approximate surface area is 171 Å². The minimum absolute atomic E-state index is 0.822. The SMILES string of the molecule is CSc1nccc(N2CCN(c3cc(C)nc(N4CCN(C)CC4)n3)CC2)n1. The number of piperazine rings is 2. The molecule has 0 radical (unpaired) electrons. The number of rotatable bonds is 4. The van der Waals surface area contributed by atoms with Crippen LogP contribution in [0.1, 0.15) is 5.69 Å². The lowest BCUT2D eigenvalue weighted by atomic mass is 10.3. The maximum absolute atomic E-state index is 4.91. The van der Waals surface area contributed by atoms with Gasteiger partial charge in [0, 0.05) is 70.3 Å². The molecule has 0 bridgehead atoms. The maximum atomic E-state index is 4.91. The van der Waals surface area contributed by atoms with Crippen molar-refractivity contribution in [1.82, 2.24) is 24.8 Å². The van der Waals surface area contributed by atoms with Crippen LogP contribution in [0.3, 0.4) is 0 Å². The van der Waals surface area contributed by atoms with Crippen molar-refractivity contribution in [1.29, 1.82) is 0 Å². The van der Waals surface area contributed by atoms with Crippen LogP contribution in [0.2, 0.25) is 0 Å². The summed E-state index contributed by atoms with van der Waals surface area (Å²) in [7, 11) is 2.17. The van der Waals surface area contributed by atoms with Gasteiger partial charge in [0.2, 0.25) is 5.95 Å². The first-order valence-electron chi connectivity index (χ1n) is 9.78. The van der Waals surface area contributed by atoms with Gasteiger partial charge in [0.15, 0.2) is 5.16 Å². The van der Waals surface area contributed by atoms with E-state index in [0.29, 0.717) is 0 Å². The monoisotopic (exact) mass is 400 g/mol. The molecule has 8 nitrogen and oxygen atoms in total. The highest BCUT2D eigenvalue weighted by Crippen LogP contribution is 2.22. The Morgan fingerprint density at radius 1 is 0.821 bits per heavy atom. The standard InChI is InChI=1S/C19H28N8S/c1-15-14-17(22-18(21-15)27-8-6-24(2)7-9-27)26-12-10-25(11-13-26)16-4-5-20-19(23-16)28-3/h4-5,14H,6-13H2,1-3H3.